The third-order valence-electron chi connectivity index (χ3n) is 4.25. The first-order valence-electron chi connectivity index (χ1n) is 7.91. The Morgan fingerprint density at radius 1 is 1.17 bits per heavy atom. The van der Waals surface area contributed by atoms with Crippen molar-refractivity contribution < 1.29 is 9.88 Å². The highest BCUT2D eigenvalue weighted by Gasteiger charge is 2.26. The second-order valence-electron chi connectivity index (χ2n) is 5.82. The topological polar surface area (TPSA) is 34.7 Å². The van der Waals surface area contributed by atoms with Gasteiger partial charge in [-0.05, 0) is 17.5 Å². The average Bonchev–Trinajstić information content (AvgIpc) is 3.28. The van der Waals surface area contributed by atoms with Crippen LogP contribution in [-0.4, -0.2) is 31.2 Å². The highest BCUT2D eigenvalue weighted by Crippen LogP contribution is 2.25. The Morgan fingerprint density at radius 2 is 2.09 bits per heavy atom. The maximum absolute atomic E-state index is 4.81. The SMILES string of the molecule is c1ccc(N2CC[NH+](Cc3csc(-c4ccsc4)n3)CC2)[nH+]c1. The van der Waals surface area contributed by atoms with Gasteiger partial charge in [0, 0.05) is 22.4 Å². The van der Waals surface area contributed by atoms with Crippen LogP contribution in [0.5, 0.6) is 0 Å². The molecule has 0 saturated carbocycles. The lowest BCUT2D eigenvalue weighted by molar-refractivity contribution is -0.914. The molecule has 4 heterocycles. The van der Waals surface area contributed by atoms with Crippen molar-refractivity contribution in [3.05, 3.63) is 52.3 Å². The fourth-order valence-electron chi connectivity index (χ4n) is 2.98. The molecule has 0 unspecified atom stereocenters. The molecule has 4 nitrogen and oxygen atoms in total. The number of aromatic amines is 1. The molecule has 4 rings (SSSR count). The van der Waals surface area contributed by atoms with Gasteiger partial charge in [-0.3, -0.25) is 4.90 Å². The minimum Gasteiger partial charge on any atom is -0.323 e. The number of hydrogen-bond acceptors (Lipinski definition) is 4. The highest BCUT2D eigenvalue weighted by atomic mass is 32.1. The van der Waals surface area contributed by atoms with E-state index in [0.717, 1.165) is 37.7 Å². The van der Waals surface area contributed by atoms with Crippen LogP contribution in [0.15, 0.2) is 46.6 Å². The van der Waals surface area contributed by atoms with Crippen molar-refractivity contribution in [1.82, 2.24) is 4.98 Å². The smallest absolute Gasteiger partial charge is 0.274 e. The van der Waals surface area contributed by atoms with Gasteiger partial charge in [0.05, 0.1) is 6.20 Å². The number of nitrogens with zero attached hydrogens (tertiary/aromatic N) is 2. The fourth-order valence-corrected chi connectivity index (χ4v) is 4.52. The third kappa shape index (κ3) is 3.44. The van der Waals surface area contributed by atoms with E-state index < -0.39 is 0 Å². The minimum absolute atomic E-state index is 1.03. The molecular weight excluding hydrogens is 324 g/mol. The Bertz CT molecular complexity index is 731. The molecule has 0 amide bonds. The predicted octanol–water partition coefficient (Wildman–Crippen LogP) is 1.59. The van der Waals surface area contributed by atoms with E-state index in [9.17, 15) is 0 Å². The monoisotopic (exact) mass is 344 g/mol. The molecule has 6 heteroatoms. The molecule has 2 N–H and O–H groups in total. The number of thiazole rings is 1. The Balaban J connectivity index is 1.35. The summed E-state index contributed by atoms with van der Waals surface area (Å²) in [5, 5.41) is 7.65. The van der Waals surface area contributed by atoms with Gasteiger partial charge in [-0.25, -0.2) is 9.97 Å². The first-order chi connectivity index (χ1) is 11.4. The molecule has 0 aliphatic carbocycles. The summed E-state index contributed by atoms with van der Waals surface area (Å²) < 4.78 is 0. The van der Waals surface area contributed by atoms with Crippen LogP contribution < -0.4 is 14.8 Å². The molecule has 0 spiro atoms. The maximum atomic E-state index is 4.81. The van der Waals surface area contributed by atoms with Gasteiger partial charge < -0.3 is 4.90 Å². The van der Waals surface area contributed by atoms with Crippen molar-refractivity contribution in [2.75, 3.05) is 31.1 Å². The average molecular weight is 345 g/mol. The highest BCUT2D eigenvalue weighted by molar-refractivity contribution is 7.14. The van der Waals surface area contributed by atoms with Crippen LogP contribution in [0.1, 0.15) is 5.69 Å². The Kier molecular flexibility index (Phi) is 4.37. The number of rotatable bonds is 4. The number of quaternary nitrogens is 1. The Morgan fingerprint density at radius 3 is 2.83 bits per heavy atom. The number of nitrogens with one attached hydrogen (secondary N) is 2. The lowest BCUT2D eigenvalue weighted by Gasteiger charge is -2.27. The lowest BCUT2D eigenvalue weighted by atomic mass is 10.3. The summed E-state index contributed by atoms with van der Waals surface area (Å²) >= 11 is 3.49. The molecular formula is C17H20N4S2+2. The maximum Gasteiger partial charge on any atom is 0.274 e. The van der Waals surface area contributed by atoms with E-state index in [1.165, 1.54) is 17.1 Å². The van der Waals surface area contributed by atoms with Crippen molar-refractivity contribution in [2.24, 2.45) is 0 Å². The van der Waals surface area contributed by atoms with Crippen molar-refractivity contribution in [2.45, 2.75) is 6.54 Å². The van der Waals surface area contributed by atoms with Gasteiger partial charge in [-0.1, -0.05) is 6.07 Å². The van der Waals surface area contributed by atoms with E-state index in [4.69, 9.17) is 4.98 Å². The normalized spacial score (nSPS) is 15.9. The molecule has 1 fully saturated rings. The number of H-pyrrole nitrogens is 1. The zero-order chi connectivity index (χ0) is 15.5. The molecule has 3 aromatic rings. The van der Waals surface area contributed by atoms with Crippen LogP contribution in [0.2, 0.25) is 0 Å². The first-order valence-corrected chi connectivity index (χ1v) is 9.73. The molecule has 3 aromatic heterocycles. The largest absolute Gasteiger partial charge is 0.323 e. The molecule has 0 aromatic carbocycles. The quantitative estimate of drug-likeness (QED) is 0.780. The minimum atomic E-state index is 1.03. The zero-order valence-electron chi connectivity index (χ0n) is 12.9. The second-order valence-corrected chi connectivity index (χ2v) is 7.46. The third-order valence-corrected chi connectivity index (χ3v) is 5.88. The number of piperazine rings is 1. The lowest BCUT2D eigenvalue weighted by Crippen LogP contribution is -3.13. The van der Waals surface area contributed by atoms with Gasteiger partial charge in [-0.15, -0.1) is 11.3 Å². The summed E-state index contributed by atoms with van der Waals surface area (Å²) in [4.78, 5) is 12.2. The molecule has 0 radical (unpaired) electrons. The summed E-state index contributed by atoms with van der Waals surface area (Å²) in [6.07, 6.45) is 2.00. The van der Waals surface area contributed by atoms with Gasteiger partial charge in [-0.2, -0.15) is 11.3 Å². The fraction of sp³-hybridized carbons (Fsp3) is 0.294. The van der Waals surface area contributed by atoms with E-state index >= 15 is 0 Å². The van der Waals surface area contributed by atoms with Crippen LogP contribution in [0.3, 0.4) is 0 Å². The number of anilines is 1. The van der Waals surface area contributed by atoms with E-state index in [1.54, 1.807) is 27.6 Å². The van der Waals surface area contributed by atoms with Crippen LogP contribution in [0.25, 0.3) is 10.6 Å². The standard InChI is InChI=1S/C17H18N4S2/c1-2-5-18-16(3-1)21-8-6-20(7-9-21)11-15-13-23-17(19-15)14-4-10-22-12-14/h1-5,10,12-13H,6-9,11H2/p+2. The van der Waals surface area contributed by atoms with E-state index in [0.29, 0.717) is 0 Å². The predicted molar refractivity (Wildman–Crippen MR) is 95.0 cm³/mol. The molecule has 118 valence electrons. The van der Waals surface area contributed by atoms with E-state index in [2.05, 4.69) is 44.2 Å². The molecule has 0 bridgehead atoms. The van der Waals surface area contributed by atoms with Crippen molar-refractivity contribution in [3.8, 4) is 10.6 Å². The summed E-state index contributed by atoms with van der Waals surface area (Å²) in [5.74, 6) is 1.22. The van der Waals surface area contributed by atoms with E-state index in [1.807, 2.05) is 12.3 Å². The van der Waals surface area contributed by atoms with Gasteiger partial charge >= 0.3 is 0 Å². The van der Waals surface area contributed by atoms with Gasteiger partial charge in [0.1, 0.15) is 43.4 Å². The van der Waals surface area contributed by atoms with Crippen LogP contribution in [0.4, 0.5) is 5.82 Å². The van der Waals surface area contributed by atoms with E-state index in [-0.39, 0.29) is 0 Å². The first kappa shape index (κ1) is 14.8. The molecule has 23 heavy (non-hydrogen) atoms. The van der Waals surface area contributed by atoms with Gasteiger partial charge in [0.2, 0.25) is 0 Å². The molecule has 0 atom stereocenters. The van der Waals surface area contributed by atoms with Crippen LogP contribution >= 0.6 is 22.7 Å². The summed E-state index contributed by atoms with van der Waals surface area (Å²) in [5.41, 5.74) is 2.48. The van der Waals surface area contributed by atoms with Crippen molar-refractivity contribution in [3.63, 3.8) is 0 Å². The van der Waals surface area contributed by atoms with Crippen LogP contribution in [0, 0.1) is 0 Å². The number of thiophene rings is 1. The zero-order valence-corrected chi connectivity index (χ0v) is 14.5. The molecule has 1 aliphatic rings. The Labute approximate surface area is 144 Å². The summed E-state index contributed by atoms with van der Waals surface area (Å²) in [6.45, 7) is 5.55. The van der Waals surface area contributed by atoms with Crippen LogP contribution in [-0.2, 0) is 6.54 Å². The molecule has 1 saturated heterocycles. The van der Waals surface area contributed by atoms with Crippen molar-refractivity contribution in [1.29, 1.82) is 0 Å². The molecule has 1 aliphatic heterocycles. The second kappa shape index (κ2) is 6.78. The van der Waals surface area contributed by atoms with Gasteiger partial charge in [0.25, 0.3) is 5.82 Å². The number of hydrogen-bond donors (Lipinski definition) is 1. The Hall–Kier alpha value is -1.76. The van der Waals surface area contributed by atoms with Gasteiger partial charge in [0.15, 0.2) is 0 Å². The number of pyridine rings is 1. The van der Waals surface area contributed by atoms with Crippen molar-refractivity contribution >= 4 is 28.5 Å². The number of aromatic nitrogens is 2. The summed E-state index contributed by atoms with van der Waals surface area (Å²) in [6, 6.07) is 8.42. The summed E-state index contributed by atoms with van der Waals surface area (Å²) in [7, 11) is 0.